The Kier molecular flexibility index (Phi) is 6.87. The number of hydrogen-bond acceptors (Lipinski definition) is 7. The van der Waals surface area contributed by atoms with Gasteiger partial charge in [0.15, 0.2) is 0 Å². The first kappa shape index (κ1) is 25.5. The molecule has 0 bridgehead atoms. The lowest BCUT2D eigenvalue weighted by molar-refractivity contribution is -0.127. The van der Waals surface area contributed by atoms with E-state index in [0.717, 1.165) is 24.3 Å². The fourth-order valence-corrected chi connectivity index (χ4v) is 6.01. The Bertz CT molecular complexity index is 1600. The number of piperidine rings is 1. The molecule has 5 heterocycles. The Morgan fingerprint density at radius 2 is 2.02 bits per heavy atom. The Hall–Kier alpha value is -4.77. The molecule has 40 heavy (non-hydrogen) atoms. The van der Waals surface area contributed by atoms with E-state index >= 15 is 0 Å². The number of benzene rings is 1. The van der Waals surface area contributed by atoms with Crippen LogP contribution in [0.1, 0.15) is 28.2 Å². The molecule has 1 fully saturated rings. The zero-order valence-electron chi connectivity index (χ0n) is 21.5. The molecule has 11 heteroatoms. The van der Waals surface area contributed by atoms with Gasteiger partial charge in [-0.05, 0) is 49.2 Å². The summed E-state index contributed by atoms with van der Waals surface area (Å²) in [7, 11) is 0. The number of urea groups is 1. The van der Waals surface area contributed by atoms with Gasteiger partial charge in [-0.15, -0.1) is 11.3 Å². The van der Waals surface area contributed by atoms with Gasteiger partial charge in [0, 0.05) is 25.3 Å². The molecule has 4 amide bonds. The SMILES string of the molecule is C=CC(=O)N1CCCC(NC(=O)c2sc3nccc4c3c2NC(=O)N4c2ccc(COc3ccccc3)nc2)C1. The van der Waals surface area contributed by atoms with E-state index in [2.05, 4.69) is 27.2 Å². The first-order valence-corrected chi connectivity index (χ1v) is 13.7. The predicted molar refractivity (Wildman–Crippen MR) is 153 cm³/mol. The van der Waals surface area contributed by atoms with Crippen molar-refractivity contribution in [3.8, 4) is 5.75 Å². The minimum absolute atomic E-state index is 0.150. The van der Waals surface area contributed by atoms with Crippen LogP contribution in [0.4, 0.5) is 21.9 Å². The van der Waals surface area contributed by atoms with Crippen LogP contribution in [0.5, 0.6) is 5.75 Å². The zero-order chi connectivity index (χ0) is 27.6. The first-order chi connectivity index (χ1) is 19.5. The quantitative estimate of drug-likeness (QED) is 0.315. The molecule has 6 rings (SSSR count). The number of para-hydroxylation sites is 1. The molecule has 0 spiro atoms. The highest BCUT2D eigenvalue weighted by Crippen LogP contribution is 2.45. The Morgan fingerprint density at radius 1 is 1.18 bits per heavy atom. The van der Waals surface area contributed by atoms with Crippen molar-refractivity contribution >= 4 is 56.5 Å². The molecule has 1 unspecified atom stereocenters. The number of anilines is 3. The molecule has 1 atom stereocenters. The van der Waals surface area contributed by atoms with E-state index in [1.807, 2.05) is 42.5 Å². The van der Waals surface area contributed by atoms with E-state index in [0.29, 0.717) is 51.9 Å². The Labute approximate surface area is 234 Å². The number of nitrogens with zero attached hydrogens (tertiary/aromatic N) is 4. The van der Waals surface area contributed by atoms with E-state index in [9.17, 15) is 14.4 Å². The van der Waals surface area contributed by atoms with E-state index in [-0.39, 0.29) is 17.9 Å². The number of aromatic nitrogens is 2. The third-order valence-electron chi connectivity index (χ3n) is 6.89. The number of likely N-dealkylation sites (tertiary alicyclic amines) is 1. The molecule has 10 nitrogen and oxygen atoms in total. The number of rotatable bonds is 7. The van der Waals surface area contributed by atoms with Crippen molar-refractivity contribution in [1.82, 2.24) is 20.2 Å². The third-order valence-corrected chi connectivity index (χ3v) is 7.99. The van der Waals surface area contributed by atoms with Gasteiger partial charge in [-0.2, -0.15) is 0 Å². The van der Waals surface area contributed by atoms with Gasteiger partial charge >= 0.3 is 6.03 Å². The van der Waals surface area contributed by atoms with Gasteiger partial charge in [-0.1, -0.05) is 24.8 Å². The average molecular weight is 555 g/mol. The maximum absolute atomic E-state index is 13.4. The number of nitrogens with one attached hydrogen (secondary N) is 2. The summed E-state index contributed by atoms with van der Waals surface area (Å²) in [5.74, 6) is 0.294. The Balaban J connectivity index is 1.23. The summed E-state index contributed by atoms with van der Waals surface area (Å²) >= 11 is 1.22. The number of hydrogen-bond donors (Lipinski definition) is 2. The number of carbonyl (C=O) groups is 3. The lowest BCUT2D eigenvalue weighted by Crippen LogP contribution is -2.49. The van der Waals surface area contributed by atoms with Crippen LogP contribution < -0.4 is 20.3 Å². The summed E-state index contributed by atoms with van der Waals surface area (Å²) in [5, 5.41) is 6.64. The molecular formula is C29H26N6O4S. The van der Waals surface area contributed by atoms with Crippen LogP contribution in [-0.4, -0.2) is 51.8 Å². The minimum Gasteiger partial charge on any atom is -0.487 e. The van der Waals surface area contributed by atoms with Crippen LogP contribution in [0.3, 0.4) is 0 Å². The van der Waals surface area contributed by atoms with Gasteiger partial charge in [0.25, 0.3) is 5.91 Å². The average Bonchev–Trinajstić information content (AvgIpc) is 3.36. The maximum Gasteiger partial charge on any atom is 0.331 e. The van der Waals surface area contributed by atoms with E-state index in [1.165, 1.54) is 22.3 Å². The number of ether oxygens (including phenoxy) is 1. The van der Waals surface area contributed by atoms with E-state index in [4.69, 9.17) is 4.74 Å². The lowest BCUT2D eigenvalue weighted by Gasteiger charge is -2.32. The predicted octanol–water partition coefficient (Wildman–Crippen LogP) is 4.86. The van der Waals surface area contributed by atoms with Crippen LogP contribution in [0, 0.1) is 0 Å². The standard InChI is InChI=1S/C29H26N6O4S/c1-2-23(36)34-14-6-7-18(16-34)32-27(37)26-25-24-22(12-13-30-28(24)40-26)35(29(38)33-25)20-11-10-19(31-15-20)17-39-21-8-4-3-5-9-21/h2-5,8-13,15,18H,1,6-7,14,16-17H2,(H,32,37)(H,33,38). The number of amides is 4. The maximum atomic E-state index is 13.4. The molecule has 0 saturated carbocycles. The molecule has 2 aliphatic heterocycles. The van der Waals surface area contributed by atoms with Crippen molar-refractivity contribution in [1.29, 1.82) is 0 Å². The van der Waals surface area contributed by atoms with Gasteiger partial charge < -0.3 is 20.3 Å². The van der Waals surface area contributed by atoms with Crippen molar-refractivity contribution in [2.24, 2.45) is 0 Å². The van der Waals surface area contributed by atoms with Crippen molar-refractivity contribution in [2.45, 2.75) is 25.5 Å². The molecule has 4 aromatic rings. The fraction of sp³-hybridized carbons (Fsp3) is 0.207. The molecular weight excluding hydrogens is 528 g/mol. The van der Waals surface area contributed by atoms with Crippen LogP contribution in [-0.2, 0) is 11.4 Å². The van der Waals surface area contributed by atoms with Gasteiger partial charge in [0.1, 0.15) is 22.1 Å². The molecule has 0 aliphatic carbocycles. The van der Waals surface area contributed by atoms with Crippen LogP contribution in [0.2, 0.25) is 0 Å². The van der Waals surface area contributed by atoms with E-state index in [1.54, 1.807) is 23.4 Å². The van der Waals surface area contributed by atoms with Crippen LogP contribution >= 0.6 is 11.3 Å². The summed E-state index contributed by atoms with van der Waals surface area (Å²) in [6.45, 7) is 4.90. The third kappa shape index (κ3) is 4.87. The van der Waals surface area contributed by atoms with Gasteiger partial charge in [0.05, 0.1) is 34.3 Å². The zero-order valence-corrected chi connectivity index (χ0v) is 22.3. The largest absolute Gasteiger partial charge is 0.487 e. The van der Waals surface area contributed by atoms with Crippen molar-refractivity contribution in [3.05, 3.63) is 84.2 Å². The van der Waals surface area contributed by atoms with Crippen molar-refractivity contribution in [2.75, 3.05) is 23.3 Å². The molecule has 1 aromatic carbocycles. The topological polar surface area (TPSA) is 117 Å². The summed E-state index contributed by atoms with van der Waals surface area (Å²) in [4.78, 5) is 52.0. The highest BCUT2D eigenvalue weighted by molar-refractivity contribution is 7.21. The minimum atomic E-state index is -0.400. The molecule has 0 radical (unpaired) electrons. The molecule has 202 valence electrons. The van der Waals surface area contributed by atoms with Crippen LogP contribution in [0.25, 0.3) is 10.2 Å². The summed E-state index contributed by atoms with van der Waals surface area (Å²) in [5.41, 5.74) is 2.36. The lowest BCUT2D eigenvalue weighted by atomic mass is 10.1. The van der Waals surface area contributed by atoms with Crippen molar-refractivity contribution < 1.29 is 19.1 Å². The summed E-state index contributed by atoms with van der Waals surface area (Å²) in [6.07, 6.45) is 6.08. The Morgan fingerprint density at radius 3 is 2.80 bits per heavy atom. The van der Waals surface area contributed by atoms with Gasteiger partial charge in [-0.3, -0.25) is 19.5 Å². The first-order valence-electron chi connectivity index (χ1n) is 12.9. The van der Waals surface area contributed by atoms with Crippen LogP contribution in [0.15, 0.2) is 73.6 Å². The number of carbonyl (C=O) groups excluding carboxylic acids is 3. The van der Waals surface area contributed by atoms with Gasteiger partial charge in [0.2, 0.25) is 5.91 Å². The normalized spacial score (nSPS) is 16.4. The highest BCUT2D eigenvalue weighted by atomic mass is 32.1. The molecule has 3 aromatic heterocycles. The second-order valence-electron chi connectivity index (χ2n) is 9.49. The summed E-state index contributed by atoms with van der Waals surface area (Å²) in [6, 6.07) is 14.3. The fourth-order valence-electron chi connectivity index (χ4n) is 4.98. The molecule has 1 saturated heterocycles. The number of thiophene rings is 1. The summed E-state index contributed by atoms with van der Waals surface area (Å²) < 4.78 is 5.77. The molecule has 2 aliphatic rings. The molecule has 2 N–H and O–H groups in total. The highest BCUT2D eigenvalue weighted by Gasteiger charge is 2.34. The monoisotopic (exact) mass is 554 g/mol. The second-order valence-corrected chi connectivity index (χ2v) is 10.5. The second kappa shape index (κ2) is 10.8. The van der Waals surface area contributed by atoms with E-state index < -0.39 is 6.03 Å². The van der Waals surface area contributed by atoms with Gasteiger partial charge in [-0.25, -0.2) is 9.78 Å². The number of pyridine rings is 2. The smallest absolute Gasteiger partial charge is 0.331 e. The van der Waals surface area contributed by atoms with Crippen molar-refractivity contribution in [3.63, 3.8) is 0 Å².